The first-order valence-electron chi connectivity index (χ1n) is 9.34. The van der Waals surface area contributed by atoms with Crippen molar-refractivity contribution in [2.45, 2.75) is 46.6 Å². The van der Waals surface area contributed by atoms with Gasteiger partial charge in [0.15, 0.2) is 0 Å². The van der Waals surface area contributed by atoms with Crippen molar-refractivity contribution in [2.24, 2.45) is 5.10 Å². The summed E-state index contributed by atoms with van der Waals surface area (Å²) in [4.78, 5) is 14.6. The normalized spacial score (nSPS) is 14.6. The maximum absolute atomic E-state index is 12.3. The summed E-state index contributed by atoms with van der Waals surface area (Å²) in [6.07, 6.45) is 4.21. The third kappa shape index (κ3) is 3.82. The van der Waals surface area contributed by atoms with Gasteiger partial charge in [0.1, 0.15) is 0 Å². The summed E-state index contributed by atoms with van der Waals surface area (Å²) in [6, 6.07) is 10.3. The zero-order valence-corrected chi connectivity index (χ0v) is 16.1. The number of aromatic nitrogens is 1. The van der Waals surface area contributed by atoms with Crippen LogP contribution in [0.5, 0.6) is 0 Å². The molecule has 138 valence electrons. The number of nitrogens with zero attached hydrogens (tertiary/aromatic N) is 3. The standard InChI is InChI=1S/C21H28N4O/c1-15(2)25-16(3)13-19(17(25)4)14-22-23-21(26)18-7-9-20(10-8-18)24-11-5-6-12-24/h7-10,13-15H,5-6,11-12H2,1-4H3,(H,23,26)/b22-14-. The van der Waals surface area contributed by atoms with Crippen LogP contribution in [0.1, 0.15) is 60.0 Å². The molecular formula is C21H28N4O. The molecule has 0 atom stereocenters. The van der Waals surface area contributed by atoms with E-state index in [0.717, 1.165) is 24.3 Å². The van der Waals surface area contributed by atoms with Crippen molar-refractivity contribution in [3.05, 3.63) is 52.8 Å². The molecule has 2 aromatic rings. The van der Waals surface area contributed by atoms with Crippen molar-refractivity contribution in [1.29, 1.82) is 0 Å². The average Bonchev–Trinajstić information content (AvgIpc) is 3.23. The fourth-order valence-corrected chi connectivity index (χ4v) is 3.75. The van der Waals surface area contributed by atoms with Crippen LogP contribution in [0, 0.1) is 13.8 Å². The number of amides is 1. The molecule has 0 unspecified atom stereocenters. The maximum atomic E-state index is 12.3. The Bertz CT molecular complexity index is 796. The molecule has 1 saturated heterocycles. The lowest BCUT2D eigenvalue weighted by Gasteiger charge is -2.17. The van der Waals surface area contributed by atoms with E-state index in [1.807, 2.05) is 24.3 Å². The zero-order valence-electron chi connectivity index (χ0n) is 16.1. The predicted octanol–water partition coefficient (Wildman–Crippen LogP) is 4.05. The third-order valence-corrected chi connectivity index (χ3v) is 5.01. The van der Waals surface area contributed by atoms with Crippen molar-refractivity contribution in [2.75, 3.05) is 18.0 Å². The maximum Gasteiger partial charge on any atom is 0.271 e. The molecule has 1 aromatic carbocycles. The molecular weight excluding hydrogens is 324 g/mol. The van der Waals surface area contributed by atoms with Gasteiger partial charge < -0.3 is 9.47 Å². The number of hydrogen-bond acceptors (Lipinski definition) is 3. The van der Waals surface area contributed by atoms with E-state index in [0.29, 0.717) is 11.6 Å². The molecule has 3 rings (SSSR count). The van der Waals surface area contributed by atoms with Gasteiger partial charge in [0.2, 0.25) is 0 Å². The molecule has 5 nitrogen and oxygen atoms in total. The molecule has 5 heteroatoms. The second-order valence-corrected chi connectivity index (χ2v) is 7.23. The number of hydrazone groups is 1. The Morgan fingerprint density at radius 2 is 1.81 bits per heavy atom. The van der Waals surface area contributed by atoms with E-state index in [-0.39, 0.29) is 5.91 Å². The van der Waals surface area contributed by atoms with E-state index in [1.165, 1.54) is 24.2 Å². The molecule has 0 bridgehead atoms. The van der Waals surface area contributed by atoms with Gasteiger partial charge in [0, 0.05) is 47.3 Å². The number of rotatable bonds is 5. The molecule has 1 amide bonds. The molecule has 26 heavy (non-hydrogen) atoms. The molecule has 1 N–H and O–H groups in total. The van der Waals surface area contributed by atoms with Gasteiger partial charge in [0.25, 0.3) is 5.91 Å². The predicted molar refractivity (Wildman–Crippen MR) is 107 cm³/mol. The van der Waals surface area contributed by atoms with Gasteiger partial charge in [-0.05, 0) is 70.9 Å². The van der Waals surface area contributed by atoms with Gasteiger partial charge in [0.05, 0.1) is 6.21 Å². The van der Waals surface area contributed by atoms with Gasteiger partial charge in [-0.2, -0.15) is 5.10 Å². The summed E-state index contributed by atoms with van der Waals surface area (Å²) in [5, 5.41) is 4.14. The van der Waals surface area contributed by atoms with Crippen LogP contribution in [0.2, 0.25) is 0 Å². The fourth-order valence-electron chi connectivity index (χ4n) is 3.75. The van der Waals surface area contributed by atoms with Crippen LogP contribution in [0.3, 0.4) is 0 Å². The molecule has 1 aromatic heterocycles. The fraction of sp³-hybridized carbons (Fsp3) is 0.429. The van der Waals surface area contributed by atoms with Crippen LogP contribution in [0.15, 0.2) is 35.4 Å². The third-order valence-electron chi connectivity index (χ3n) is 5.01. The van der Waals surface area contributed by atoms with E-state index >= 15 is 0 Å². The second kappa shape index (κ2) is 7.77. The molecule has 0 spiro atoms. The number of hydrogen-bond donors (Lipinski definition) is 1. The summed E-state index contributed by atoms with van der Waals surface area (Å²) in [5.41, 5.74) is 7.82. The second-order valence-electron chi connectivity index (χ2n) is 7.23. The molecule has 1 aliphatic rings. The number of nitrogens with one attached hydrogen (secondary N) is 1. The summed E-state index contributed by atoms with van der Waals surface area (Å²) < 4.78 is 2.26. The van der Waals surface area contributed by atoms with Crippen molar-refractivity contribution < 1.29 is 4.79 Å². The lowest BCUT2D eigenvalue weighted by Crippen LogP contribution is -2.19. The van der Waals surface area contributed by atoms with Gasteiger partial charge in [-0.15, -0.1) is 0 Å². The van der Waals surface area contributed by atoms with Crippen molar-refractivity contribution in [3.63, 3.8) is 0 Å². The van der Waals surface area contributed by atoms with Gasteiger partial charge in [-0.1, -0.05) is 0 Å². The zero-order chi connectivity index (χ0) is 18.7. The van der Waals surface area contributed by atoms with E-state index in [9.17, 15) is 4.79 Å². The first-order chi connectivity index (χ1) is 12.5. The highest BCUT2D eigenvalue weighted by molar-refractivity contribution is 5.95. The molecule has 1 aliphatic heterocycles. The first kappa shape index (κ1) is 18.2. The Morgan fingerprint density at radius 3 is 2.38 bits per heavy atom. The number of anilines is 1. The monoisotopic (exact) mass is 352 g/mol. The SMILES string of the molecule is Cc1cc(/C=N\NC(=O)c2ccc(N3CCCC3)cc2)c(C)n1C(C)C. The number of carbonyl (C=O) groups excluding carboxylic acids is 1. The molecule has 2 heterocycles. The highest BCUT2D eigenvalue weighted by Crippen LogP contribution is 2.21. The van der Waals surface area contributed by atoms with Crippen LogP contribution >= 0.6 is 0 Å². The van der Waals surface area contributed by atoms with Crippen molar-refractivity contribution in [3.8, 4) is 0 Å². The van der Waals surface area contributed by atoms with Gasteiger partial charge in [-0.3, -0.25) is 4.79 Å². The van der Waals surface area contributed by atoms with Crippen LogP contribution in [0.25, 0.3) is 0 Å². The number of benzene rings is 1. The smallest absolute Gasteiger partial charge is 0.271 e. The Hall–Kier alpha value is -2.56. The quantitative estimate of drug-likeness (QED) is 0.652. The average molecular weight is 352 g/mol. The highest BCUT2D eigenvalue weighted by atomic mass is 16.2. The largest absolute Gasteiger partial charge is 0.372 e. The molecule has 1 fully saturated rings. The molecule has 0 aliphatic carbocycles. The van der Waals surface area contributed by atoms with Gasteiger partial charge in [-0.25, -0.2) is 5.43 Å². The van der Waals surface area contributed by atoms with E-state index < -0.39 is 0 Å². The Kier molecular flexibility index (Phi) is 5.45. The lowest BCUT2D eigenvalue weighted by atomic mass is 10.2. The van der Waals surface area contributed by atoms with Gasteiger partial charge >= 0.3 is 0 Å². The molecule has 0 radical (unpaired) electrons. The molecule has 0 saturated carbocycles. The van der Waals surface area contributed by atoms with Crippen LogP contribution in [-0.4, -0.2) is 29.8 Å². The van der Waals surface area contributed by atoms with Crippen molar-refractivity contribution >= 4 is 17.8 Å². The van der Waals surface area contributed by atoms with E-state index in [2.05, 4.69) is 53.8 Å². The highest BCUT2D eigenvalue weighted by Gasteiger charge is 2.13. The number of carbonyl (C=O) groups is 1. The van der Waals surface area contributed by atoms with E-state index in [4.69, 9.17) is 0 Å². The minimum atomic E-state index is -0.188. The number of aryl methyl sites for hydroxylation is 1. The summed E-state index contributed by atoms with van der Waals surface area (Å²) in [7, 11) is 0. The van der Waals surface area contributed by atoms with E-state index in [1.54, 1.807) is 6.21 Å². The Morgan fingerprint density at radius 1 is 1.15 bits per heavy atom. The summed E-state index contributed by atoms with van der Waals surface area (Å²) >= 11 is 0. The Balaban J connectivity index is 1.63. The minimum absolute atomic E-state index is 0.188. The van der Waals surface area contributed by atoms with Crippen molar-refractivity contribution in [1.82, 2.24) is 9.99 Å². The topological polar surface area (TPSA) is 49.6 Å². The van der Waals surface area contributed by atoms with Crippen LogP contribution in [-0.2, 0) is 0 Å². The first-order valence-corrected chi connectivity index (χ1v) is 9.34. The Labute approximate surface area is 155 Å². The van der Waals surface area contributed by atoms with Crippen LogP contribution in [0.4, 0.5) is 5.69 Å². The lowest BCUT2D eigenvalue weighted by molar-refractivity contribution is 0.0955. The minimum Gasteiger partial charge on any atom is -0.372 e. The summed E-state index contributed by atoms with van der Waals surface area (Å²) in [6.45, 7) is 10.7. The van der Waals surface area contributed by atoms with Crippen LogP contribution < -0.4 is 10.3 Å². The summed E-state index contributed by atoms with van der Waals surface area (Å²) in [5.74, 6) is -0.188.